The predicted octanol–water partition coefficient (Wildman–Crippen LogP) is 2.99. The Morgan fingerprint density at radius 3 is 2.33 bits per heavy atom. The number of amides is 3. The highest BCUT2D eigenvalue weighted by molar-refractivity contribution is 5.98. The third-order valence-corrected chi connectivity index (χ3v) is 6.84. The van der Waals surface area contributed by atoms with Gasteiger partial charge >= 0.3 is 0 Å². The third kappa shape index (κ3) is 5.72. The second kappa shape index (κ2) is 11.3. The molecule has 1 saturated heterocycles. The van der Waals surface area contributed by atoms with Crippen LogP contribution in [0.25, 0.3) is 0 Å². The lowest BCUT2D eigenvalue weighted by Crippen LogP contribution is -2.55. The number of hydrogen-bond donors (Lipinski definition) is 2. The second-order valence-electron chi connectivity index (χ2n) is 9.20. The van der Waals surface area contributed by atoms with Gasteiger partial charge in [-0.25, -0.2) is 0 Å². The normalized spacial score (nSPS) is 16.7. The van der Waals surface area contributed by atoms with E-state index in [1.807, 2.05) is 13.8 Å². The highest BCUT2D eigenvalue weighted by Crippen LogP contribution is 2.32. The molecule has 2 aliphatic heterocycles. The summed E-state index contributed by atoms with van der Waals surface area (Å²) in [6.45, 7) is 5.05. The van der Waals surface area contributed by atoms with Crippen molar-refractivity contribution in [2.75, 3.05) is 27.0 Å². The number of carbonyl (C=O) groups is 3. The van der Waals surface area contributed by atoms with Crippen LogP contribution in [0, 0.1) is 5.92 Å². The van der Waals surface area contributed by atoms with Crippen LogP contribution in [0.15, 0.2) is 42.5 Å². The molecule has 0 aromatic heterocycles. The van der Waals surface area contributed by atoms with Gasteiger partial charge in [-0.05, 0) is 74.6 Å². The Bertz CT molecular complexity index is 1100. The van der Waals surface area contributed by atoms with Crippen LogP contribution >= 0.6 is 0 Å². The Balaban J connectivity index is 1.44. The molecule has 0 saturated carbocycles. The van der Waals surface area contributed by atoms with Crippen LogP contribution in [0.1, 0.15) is 53.8 Å². The summed E-state index contributed by atoms with van der Waals surface area (Å²) in [5.41, 5.74) is 0.990. The number of rotatable bonds is 8. The zero-order valence-electron chi connectivity index (χ0n) is 20.9. The maximum Gasteiger partial charge on any atom is 0.253 e. The molecule has 9 heteroatoms. The Morgan fingerprint density at radius 1 is 1.00 bits per heavy atom. The van der Waals surface area contributed by atoms with Crippen molar-refractivity contribution < 1.29 is 28.6 Å². The van der Waals surface area contributed by atoms with E-state index in [2.05, 4.69) is 10.6 Å². The first-order valence-electron chi connectivity index (χ1n) is 12.3. The number of nitrogens with zero attached hydrogens (tertiary/aromatic N) is 1. The molecule has 3 amide bonds. The smallest absolute Gasteiger partial charge is 0.253 e. The van der Waals surface area contributed by atoms with Gasteiger partial charge < -0.3 is 29.7 Å². The van der Waals surface area contributed by atoms with Gasteiger partial charge in [0.05, 0.1) is 7.11 Å². The van der Waals surface area contributed by atoms with E-state index >= 15 is 0 Å². The summed E-state index contributed by atoms with van der Waals surface area (Å²) in [7, 11) is 1.58. The molecule has 4 rings (SSSR count). The maximum absolute atomic E-state index is 13.2. The molecule has 0 radical (unpaired) electrons. The zero-order valence-corrected chi connectivity index (χ0v) is 20.9. The van der Waals surface area contributed by atoms with Crippen LogP contribution < -0.4 is 24.8 Å². The molecule has 2 aromatic rings. The SMILES string of the molecule is CC[C@H](C)NC(=O)[C@@H](NC(=O)c1ccc2c(c1)OCO2)C1CCN(C(=O)c2ccc(OC)cc2)CC1. The molecule has 1 fully saturated rings. The minimum atomic E-state index is -0.713. The van der Waals surface area contributed by atoms with Crippen molar-refractivity contribution in [3.63, 3.8) is 0 Å². The van der Waals surface area contributed by atoms with Gasteiger partial charge in [0.1, 0.15) is 11.8 Å². The molecular formula is C27H33N3O6. The molecule has 9 nitrogen and oxygen atoms in total. The van der Waals surface area contributed by atoms with E-state index in [0.717, 1.165) is 6.42 Å². The van der Waals surface area contributed by atoms with Crippen LogP contribution in [-0.2, 0) is 4.79 Å². The van der Waals surface area contributed by atoms with Gasteiger partial charge in [-0.3, -0.25) is 14.4 Å². The van der Waals surface area contributed by atoms with Gasteiger partial charge in [-0.15, -0.1) is 0 Å². The van der Waals surface area contributed by atoms with Gasteiger partial charge in [0, 0.05) is 30.3 Å². The molecule has 192 valence electrons. The Kier molecular flexibility index (Phi) is 7.97. The van der Waals surface area contributed by atoms with Gasteiger partial charge in [-0.2, -0.15) is 0 Å². The van der Waals surface area contributed by atoms with Crippen molar-refractivity contribution in [2.24, 2.45) is 5.92 Å². The van der Waals surface area contributed by atoms with Crippen molar-refractivity contribution in [1.29, 1.82) is 0 Å². The van der Waals surface area contributed by atoms with Crippen molar-refractivity contribution in [3.05, 3.63) is 53.6 Å². The van der Waals surface area contributed by atoms with E-state index in [9.17, 15) is 14.4 Å². The topological polar surface area (TPSA) is 106 Å². The monoisotopic (exact) mass is 495 g/mol. The summed E-state index contributed by atoms with van der Waals surface area (Å²) in [5, 5.41) is 5.95. The highest BCUT2D eigenvalue weighted by Gasteiger charge is 2.35. The molecule has 2 N–H and O–H groups in total. The molecule has 2 aromatic carbocycles. The number of benzene rings is 2. The molecule has 2 atom stereocenters. The first-order valence-corrected chi connectivity index (χ1v) is 12.3. The lowest BCUT2D eigenvalue weighted by atomic mass is 9.88. The molecule has 0 aliphatic carbocycles. The fourth-order valence-corrected chi connectivity index (χ4v) is 4.45. The van der Waals surface area contributed by atoms with Crippen molar-refractivity contribution in [2.45, 2.75) is 45.2 Å². The summed E-state index contributed by atoms with van der Waals surface area (Å²) in [5.74, 6) is 1.07. The maximum atomic E-state index is 13.2. The average molecular weight is 496 g/mol. The van der Waals surface area contributed by atoms with E-state index in [-0.39, 0.29) is 36.5 Å². The number of hydrogen-bond acceptors (Lipinski definition) is 6. The zero-order chi connectivity index (χ0) is 25.7. The van der Waals surface area contributed by atoms with Crippen molar-refractivity contribution in [3.8, 4) is 17.2 Å². The summed E-state index contributed by atoms with van der Waals surface area (Å²) in [6, 6.07) is 11.3. The Hall–Kier alpha value is -3.75. The molecular weight excluding hydrogens is 462 g/mol. The lowest BCUT2D eigenvalue weighted by molar-refractivity contribution is -0.125. The quantitative estimate of drug-likeness (QED) is 0.583. The predicted molar refractivity (Wildman–Crippen MR) is 133 cm³/mol. The standard InChI is InChI=1S/C27H33N3O6/c1-4-17(2)28-26(32)24(29-25(31)20-7-10-22-23(15-20)36-16-35-22)18-11-13-30(14-12-18)27(33)19-5-8-21(34-3)9-6-19/h5-10,15,17-18,24H,4,11-14,16H2,1-3H3,(H,28,32)(H,29,31)/t17-,24-/m0/s1. The summed E-state index contributed by atoms with van der Waals surface area (Å²) < 4.78 is 15.9. The number of ether oxygens (including phenoxy) is 3. The molecule has 0 spiro atoms. The minimum Gasteiger partial charge on any atom is -0.497 e. The van der Waals surface area contributed by atoms with E-state index < -0.39 is 6.04 Å². The lowest BCUT2D eigenvalue weighted by Gasteiger charge is -2.36. The number of likely N-dealkylation sites (tertiary alicyclic amines) is 1. The fourth-order valence-electron chi connectivity index (χ4n) is 4.45. The Morgan fingerprint density at radius 2 is 1.67 bits per heavy atom. The van der Waals surface area contributed by atoms with E-state index in [4.69, 9.17) is 14.2 Å². The number of piperidine rings is 1. The van der Waals surface area contributed by atoms with E-state index in [0.29, 0.717) is 54.3 Å². The van der Waals surface area contributed by atoms with Crippen LogP contribution in [-0.4, -0.2) is 61.7 Å². The van der Waals surface area contributed by atoms with Crippen molar-refractivity contribution in [1.82, 2.24) is 15.5 Å². The first-order chi connectivity index (χ1) is 17.4. The summed E-state index contributed by atoms with van der Waals surface area (Å²) in [4.78, 5) is 41.1. The molecule has 0 bridgehead atoms. The average Bonchev–Trinajstić information content (AvgIpc) is 3.39. The van der Waals surface area contributed by atoms with Gasteiger partial charge in [-0.1, -0.05) is 6.92 Å². The summed E-state index contributed by atoms with van der Waals surface area (Å²) >= 11 is 0. The molecule has 36 heavy (non-hydrogen) atoms. The van der Waals surface area contributed by atoms with Crippen LogP contribution in [0.3, 0.4) is 0 Å². The van der Waals surface area contributed by atoms with Gasteiger partial charge in [0.15, 0.2) is 11.5 Å². The minimum absolute atomic E-state index is 0.0146. The fraction of sp³-hybridized carbons (Fsp3) is 0.444. The van der Waals surface area contributed by atoms with Crippen LogP contribution in [0.5, 0.6) is 17.2 Å². The molecule has 0 unspecified atom stereocenters. The molecule has 2 heterocycles. The van der Waals surface area contributed by atoms with E-state index in [1.54, 1.807) is 54.5 Å². The van der Waals surface area contributed by atoms with Gasteiger partial charge in [0.2, 0.25) is 12.7 Å². The van der Waals surface area contributed by atoms with Crippen LogP contribution in [0.4, 0.5) is 0 Å². The number of nitrogens with one attached hydrogen (secondary N) is 2. The third-order valence-electron chi connectivity index (χ3n) is 6.84. The van der Waals surface area contributed by atoms with E-state index in [1.165, 1.54) is 0 Å². The summed E-state index contributed by atoms with van der Waals surface area (Å²) in [6.07, 6.45) is 1.98. The second-order valence-corrected chi connectivity index (χ2v) is 9.20. The highest BCUT2D eigenvalue weighted by atomic mass is 16.7. The first kappa shape index (κ1) is 25.3. The molecule has 2 aliphatic rings. The Labute approximate surface area is 211 Å². The van der Waals surface area contributed by atoms with Crippen molar-refractivity contribution >= 4 is 17.7 Å². The van der Waals surface area contributed by atoms with Gasteiger partial charge in [0.25, 0.3) is 11.8 Å². The number of carbonyl (C=O) groups excluding carboxylic acids is 3. The van der Waals surface area contributed by atoms with Crippen LogP contribution in [0.2, 0.25) is 0 Å². The number of methoxy groups -OCH3 is 1. The largest absolute Gasteiger partial charge is 0.497 e. The number of fused-ring (bicyclic) bond motifs is 1.